The van der Waals surface area contributed by atoms with Gasteiger partial charge in [0, 0.05) is 18.3 Å². The van der Waals surface area contributed by atoms with Crippen molar-refractivity contribution in [3.63, 3.8) is 0 Å². The van der Waals surface area contributed by atoms with Gasteiger partial charge in [-0.2, -0.15) is 0 Å². The summed E-state index contributed by atoms with van der Waals surface area (Å²) in [5.41, 5.74) is 2.10. The highest BCUT2D eigenvalue weighted by atomic mass is 16.2. The van der Waals surface area contributed by atoms with Gasteiger partial charge in [0.05, 0.1) is 6.42 Å². The van der Waals surface area contributed by atoms with E-state index in [1.165, 1.54) is 6.92 Å². The van der Waals surface area contributed by atoms with Crippen molar-refractivity contribution >= 4 is 29.0 Å². The van der Waals surface area contributed by atoms with Crippen LogP contribution in [0.2, 0.25) is 0 Å². The fourth-order valence-electron chi connectivity index (χ4n) is 1.53. The lowest BCUT2D eigenvalue weighted by Gasteiger charge is -2.04. The van der Waals surface area contributed by atoms with Gasteiger partial charge >= 0.3 is 0 Å². The number of hydrogen-bond donors (Lipinski definition) is 2. The van der Waals surface area contributed by atoms with Gasteiger partial charge in [-0.3, -0.25) is 14.4 Å². The lowest BCUT2D eigenvalue weighted by Crippen LogP contribution is -2.19. The van der Waals surface area contributed by atoms with E-state index >= 15 is 0 Å². The molecule has 1 aliphatic rings. The number of anilines is 2. The second-order valence-electron chi connectivity index (χ2n) is 3.61. The van der Waals surface area contributed by atoms with Crippen LogP contribution in [0.4, 0.5) is 11.4 Å². The Kier molecular flexibility index (Phi) is 2.44. The molecule has 2 amide bonds. The van der Waals surface area contributed by atoms with E-state index in [1.807, 2.05) is 0 Å². The topological polar surface area (TPSA) is 75.3 Å². The van der Waals surface area contributed by atoms with Gasteiger partial charge in [-0.25, -0.2) is 0 Å². The zero-order valence-electron chi connectivity index (χ0n) is 8.66. The summed E-state index contributed by atoms with van der Waals surface area (Å²) < 4.78 is 0. The summed E-state index contributed by atoms with van der Waals surface area (Å²) in [6.07, 6.45) is 0.305. The van der Waals surface area contributed by atoms with Crippen molar-refractivity contribution in [3.05, 3.63) is 23.8 Å². The number of nitrogens with one attached hydrogen (secondary N) is 2. The monoisotopic (exact) mass is 218 g/mol. The summed E-state index contributed by atoms with van der Waals surface area (Å²) in [6.45, 7) is 1.20. The van der Waals surface area contributed by atoms with E-state index < -0.39 is 11.7 Å². The first kappa shape index (κ1) is 10.4. The average Bonchev–Trinajstić information content (AvgIpc) is 2.57. The second-order valence-corrected chi connectivity index (χ2v) is 3.61. The van der Waals surface area contributed by atoms with Gasteiger partial charge in [0.25, 0.3) is 5.91 Å². The summed E-state index contributed by atoms with van der Waals surface area (Å²) >= 11 is 0. The van der Waals surface area contributed by atoms with Gasteiger partial charge in [0.15, 0.2) is 0 Å². The number of benzene rings is 1. The van der Waals surface area contributed by atoms with E-state index in [2.05, 4.69) is 10.6 Å². The molecule has 16 heavy (non-hydrogen) atoms. The van der Waals surface area contributed by atoms with Crippen LogP contribution in [-0.4, -0.2) is 17.6 Å². The summed E-state index contributed by atoms with van der Waals surface area (Å²) in [5.74, 6) is -1.27. The molecule has 5 heteroatoms. The van der Waals surface area contributed by atoms with E-state index in [0.717, 1.165) is 11.3 Å². The Bertz CT molecular complexity index is 494. The Morgan fingerprint density at radius 2 is 2.12 bits per heavy atom. The Hall–Kier alpha value is -2.17. The van der Waals surface area contributed by atoms with Crippen molar-refractivity contribution in [2.24, 2.45) is 0 Å². The summed E-state index contributed by atoms with van der Waals surface area (Å²) in [4.78, 5) is 33.0. The summed E-state index contributed by atoms with van der Waals surface area (Å²) in [6, 6.07) is 5.04. The number of ketones is 1. The number of Topliss-reactive ketones (excluding diaryl/α,β-unsaturated/α-hetero) is 1. The van der Waals surface area contributed by atoms with Crippen molar-refractivity contribution in [1.82, 2.24) is 0 Å². The van der Waals surface area contributed by atoms with Crippen LogP contribution >= 0.6 is 0 Å². The second kappa shape index (κ2) is 3.77. The van der Waals surface area contributed by atoms with Crippen molar-refractivity contribution in [2.45, 2.75) is 13.3 Å². The minimum absolute atomic E-state index is 0.0648. The third-order valence-electron chi connectivity index (χ3n) is 2.31. The zero-order chi connectivity index (χ0) is 11.7. The maximum absolute atomic E-state index is 11.1. The molecule has 0 unspecified atom stereocenters. The predicted molar refractivity (Wildman–Crippen MR) is 58.1 cm³/mol. The minimum atomic E-state index is -0.655. The minimum Gasteiger partial charge on any atom is -0.326 e. The molecular formula is C11H10N2O3. The molecule has 0 bridgehead atoms. The Labute approximate surface area is 91.8 Å². The van der Waals surface area contributed by atoms with Crippen LogP contribution in [0.5, 0.6) is 0 Å². The molecule has 2 rings (SSSR count). The van der Waals surface area contributed by atoms with E-state index in [1.54, 1.807) is 18.2 Å². The molecule has 0 aliphatic carbocycles. The van der Waals surface area contributed by atoms with Crippen LogP contribution < -0.4 is 10.6 Å². The fraction of sp³-hybridized carbons (Fsp3) is 0.182. The van der Waals surface area contributed by atoms with E-state index in [0.29, 0.717) is 12.1 Å². The van der Waals surface area contributed by atoms with Crippen LogP contribution in [0.3, 0.4) is 0 Å². The molecule has 0 spiro atoms. The van der Waals surface area contributed by atoms with Gasteiger partial charge in [-0.15, -0.1) is 0 Å². The molecule has 0 saturated heterocycles. The number of carbonyl (C=O) groups is 3. The average molecular weight is 218 g/mol. The van der Waals surface area contributed by atoms with Gasteiger partial charge < -0.3 is 10.6 Å². The number of carbonyl (C=O) groups excluding carboxylic acids is 3. The van der Waals surface area contributed by atoms with Crippen LogP contribution in [-0.2, 0) is 20.8 Å². The summed E-state index contributed by atoms with van der Waals surface area (Å²) in [5, 5.41) is 5.14. The first-order valence-corrected chi connectivity index (χ1v) is 4.81. The van der Waals surface area contributed by atoms with Crippen LogP contribution in [0, 0.1) is 0 Å². The molecule has 5 nitrogen and oxygen atoms in total. The first-order chi connectivity index (χ1) is 7.56. The van der Waals surface area contributed by atoms with Crippen LogP contribution in [0.15, 0.2) is 18.2 Å². The number of amides is 2. The van der Waals surface area contributed by atoms with Crippen molar-refractivity contribution < 1.29 is 14.4 Å². The lowest BCUT2D eigenvalue weighted by molar-refractivity contribution is -0.133. The molecule has 0 saturated carbocycles. The molecule has 1 aliphatic heterocycles. The Morgan fingerprint density at radius 1 is 1.38 bits per heavy atom. The molecule has 0 aromatic heterocycles. The molecular weight excluding hydrogens is 208 g/mol. The van der Waals surface area contributed by atoms with E-state index in [9.17, 15) is 14.4 Å². The highest BCUT2D eigenvalue weighted by Crippen LogP contribution is 2.25. The lowest BCUT2D eigenvalue weighted by atomic mass is 10.1. The third-order valence-corrected chi connectivity index (χ3v) is 2.31. The molecule has 82 valence electrons. The van der Waals surface area contributed by atoms with E-state index in [-0.39, 0.29) is 5.91 Å². The normalized spacial score (nSPS) is 12.9. The van der Waals surface area contributed by atoms with Gasteiger partial charge in [0.1, 0.15) is 0 Å². The molecule has 2 N–H and O–H groups in total. The largest absolute Gasteiger partial charge is 0.326 e. The summed E-state index contributed by atoms with van der Waals surface area (Å²) in [7, 11) is 0. The van der Waals surface area contributed by atoms with E-state index in [4.69, 9.17) is 0 Å². The highest BCUT2D eigenvalue weighted by molar-refractivity contribution is 6.39. The highest BCUT2D eigenvalue weighted by Gasteiger charge is 2.18. The van der Waals surface area contributed by atoms with Gasteiger partial charge in [0.2, 0.25) is 11.7 Å². The quantitative estimate of drug-likeness (QED) is 0.718. The third kappa shape index (κ3) is 1.93. The van der Waals surface area contributed by atoms with Crippen molar-refractivity contribution in [1.29, 1.82) is 0 Å². The standard InChI is InChI=1S/C11H10N2O3/c1-6(14)11(16)12-8-2-3-9-7(4-8)5-10(15)13-9/h2-4H,5H2,1H3,(H,12,16)(H,13,15). The Balaban J connectivity index is 2.20. The molecule has 1 aromatic carbocycles. The maximum atomic E-state index is 11.1. The van der Waals surface area contributed by atoms with Crippen LogP contribution in [0.25, 0.3) is 0 Å². The maximum Gasteiger partial charge on any atom is 0.291 e. The Morgan fingerprint density at radius 3 is 2.81 bits per heavy atom. The van der Waals surface area contributed by atoms with Crippen molar-refractivity contribution in [3.8, 4) is 0 Å². The molecule has 0 fully saturated rings. The number of hydrogen-bond acceptors (Lipinski definition) is 3. The van der Waals surface area contributed by atoms with Gasteiger partial charge in [-0.1, -0.05) is 0 Å². The smallest absolute Gasteiger partial charge is 0.291 e. The van der Waals surface area contributed by atoms with Crippen molar-refractivity contribution in [2.75, 3.05) is 10.6 Å². The predicted octanol–water partition coefficient (Wildman–Crippen LogP) is 0.709. The van der Waals surface area contributed by atoms with Crippen LogP contribution in [0.1, 0.15) is 12.5 Å². The first-order valence-electron chi connectivity index (χ1n) is 4.81. The molecule has 1 heterocycles. The number of rotatable bonds is 2. The molecule has 0 atom stereocenters. The SMILES string of the molecule is CC(=O)C(=O)Nc1ccc2c(c1)CC(=O)N2. The molecule has 0 radical (unpaired) electrons. The molecule has 1 aromatic rings. The number of fused-ring (bicyclic) bond motifs is 1. The van der Waals surface area contributed by atoms with Gasteiger partial charge in [-0.05, 0) is 23.8 Å². The zero-order valence-corrected chi connectivity index (χ0v) is 8.66. The fourth-order valence-corrected chi connectivity index (χ4v) is 1.53.